The molecular formula is C8H18OS. The maximum Gasteiger partial charge on any atom is 0.0573 e. The molecule has 0 radical (unpaired) electrons. The van der Waals surface area contributed by atoms with Crippen molar-refractivity contribution in [3.8, 4) is 0 Å². The summed E-state index contributed by atoms with van der Waals surface area (Å²) < 4.78 is -0.224. The Morgan fingerprint density at radius 3 is 1.70 bits per heavy atom. The van der Waals surface area contributed by atoms with E-state index >= 15 is 0 Å². The fraction of sp³-hybridized carbons (Fsp3) is 1.00. The van der Waals surface area contributed by atoms with Crippen LogP contribution in [0.5, 0.6) is 0 Å². The normalized spacial score (nSPS) is 18.6. The summed E-state index contributed by atoms with van der Waals surface area (Å²) in [7, 11) is 0. The average Bonchev–Trinajstić information content (AvgIpc) is 1.60. The summed E-state index contributed by atoms with van der Waals surface area (Å²) in [6.07, 6.45) is 0.930. The lowest BCUT2D eigenvalue weighted by atomic mass is 9.85. The largest absolute Gasteiger partial charge is 0.395 e. The van der Waals surface area contributed by atoms with Crippen LogP contribution in [-0.4, -0.2) is 16.5 Å². The highest BCUT2D eigenvalue weighted by Gasteiger charge is 2.25. The zero-order chi connectivity index (χ0) is 8.41. The predicted octanol–water partition coefficient (Wildman–Crippen LogP) is 2.10. The van der Waals surface area contributed by atoms with Crippen molar-refractivity contribution >= 4 is 12.6 Å². The van der Waals surface area contributed by atoms with Gasteiger partial charge in [0.15, 0.2) is 0 Å². The van der Waals surface area contributed by atoms with E-state index in [-0.39, 0.29) is 16.8 Å². The minimum Gasteiger partial charge on any atom is -0.395 e. The molecule has 0 amide bonds. The molecule has 2 heteroatoms. The van der Waals surface area contributed by atoms with Gasteiger partial charge in [0.1, 0.15) is 0 Å². The number of hydrogen-bond donors (Lipinski definition) is 2. The average molecular weight is 162 g/mol. The van der Waals surface area contributed by atoms with Gasteiger partial charge in [-0.15, -0.1) is 0 Å². The summed E-state index contributed by atoms with van der Waals surface area (Å²) in [5, 5.41) is 8.88. The molecule has 0 aromatic heterocycles. The summed E-state index contributed by atoms with van der Waals surface area (Å²) in [6.45, 7) is 8.56. The van der Waals surface area contributed by atoms with E-state index in [1.165, 1.54) is 0 Å². The van der Waals surface area contributed by atoms with Crippen molar-refractivity contribution < 1.29 is 5.11 Å². The molecule has 1 atom stereocenters. The van der Waals surface area contributed by atoms with Crippen LogP contribution in [0, 0.1) is 5.41 Å². The second kappa shape index (κ2) is 3.14. The van der Waals surface area contributed by atoms with Crippen LogP contribution in [0.1, 0.15) is 34.1 Å². The van der Waals surface area contributed by atoms with Crippen LogP contribution in [0.25, 0.3) is 0 Å². The zero-order valence-corrected chi connectivity index (χ0v) is 8.20. The highest BCUT2D eigenvalue weighted by atomic mass is 32.1. The molecule has 0 rings (SSSR count). The van der Waals surface area contributed by atoms with Gasteiger partial charge in [0.25, 0.3) is 0 Å². The van der Waals surface area contributed by atoms with Gasteiger partial charge in [0, 0.05) is 4.75 Å². The molecule has 1 nitrogen and oxygen atoms in total. The zero-order valence-electron chi connectivity index (χ0n) is 7.31. The van der Waals surface area contributed by atoms with Crippen molar-refractivity contribution in [3.05, 3.63) is 0 Å². The summed E-state index contributed by atoms with van der Waals surface area (Å²) in [4.78, 5) is 0. The topological polar surface area (TPSA) is 20.2 Å². The summed E-state index contributed by atoms with van der Waals surface area (Å²) in [6, 6.07) is 0. The molecule has 0 aliphatic carbocycles. The Morgan fingerprint density at radius 2 is 1.60 bits per heavy atom. The first-order valence-corrected chi connectivity index (χ1v) is 4.05. The minimum absolute atomic E-state index is 0.146. The molecule has 0 heterocycles. The van der Waals surface area contributed by atoms with E-state index in [1.54, 1.807) is 0 Å². The molecule has 0 aliphatic rings. The number of aliphatic hydroxyl groups is 1. The van der Waals surface area contributed by atoms with Crippen molar-refractivity contribution in [2.45, 2.75) is 38.9 Å². The maximum atomic E-state index is 8.88. The van der Waals surface area contributed by atoms with Crippen LogP contribution in [-0.2, 0) is 0 Å². The highest BCUT2D eigenvalue weighted by molar-refractivity contribution is 7.81. The van der Waals surface area contributed by atoms with Crippen molar-refractivity contribution in [1.29, 1.82) is 0 Å². The Balaban J connectivity index is 3.89. The van der Waals surface area contributed by atoms with Crippen molar-refractivity contribution in [1.82, 2.24) is 0 Å². The lowest BCUT2D eigenvalue weighted by Crippen LogP contribution is -2.28. The SMILES string of the molecule is CC(C)(C)CC(C)(S)CO. The monoisotopic (exact) mass is 162 g/mol. The van der Waals surface area contributed by atoms with Gasteiger partial charge in [-0.3, -0.25) is 0 Å². The quantitative estimate of drug-likeness (QED) is 0.596. The third-order valence-corrected chi connectivity index (χ3v) is 1.55. The Hall–Kier alpha value is 0.310. The van der Waals surface area contributed by atoms with Gasteiger partial charge in [-0.1, -0.05) is 20.8 Å². The fourth-order valence-electron chi connectivity index (χ4n) is 1.20. The molecular weight excluding hydrogens is 144 g/mol. The molecule has 0 aromatic rings. The number of thiol groups is 1. The van der Waals surface area contributed by atoms with Gasteiger partial charge in [-0.2, -0.15) is 12.6 Å². The third kappa shape index (κ3) is 5.12. The first-order chi connectivity index (χ1) is 4.27. The maximum absolute atomic E-state index is 8.88. The van der Waals surface area contributed by atoms with Crippen LogP contribution >= 0.6 is 12.6 Å². The fourth-order valence-corrected chi connectivity index (χ4v) is 1.67. The van der Waals surface area contributed by atoms with Crippen molar-refractivity contribution in [2.24, 2.45) is 5.41 Å². The minimum atomic E-state index is -0.224. The molecule has 1 unspecified atom stereocenters. The summed E-state index contributed by atoms with van der Waals surface area (Å²) >= 11 is 4.33. The number of hydrogen-bond acceptors (Lipinski definition) is 2. The highest BCUT2D eigenvalue weighted by Crippen LogP contribution is 2.30. The number of aliphatic hydroxyl groups excluding tert-OH is 1. The van der Waals surface area contributed by atoms with E-state index in [9.17, 15) is 0 Å². The molecule has 0 saturated carbocycles. The lowest BCUT2D eigenvalue weighted by molar-refractivity contribution is 0.213. The van der Waals surface area contributed by atoms with E-state index in [4.69, 9.17) is 5.11 Å². The second-order valence-corrected chi connectivity index (χ2v) is 5.47. The lowest BCUT2D eigenvalue weighted by Gasteiger charge is -2.29. The standard InChI is InChI=1S/C8H18OS/c1-7(2,3)5-8(4,10)6-9/h9-10H,5-6H2,1-4H3. The van der Waals surface area contributed by atoms with E-state index in [2.05, 4.69) is 33.4 Å². The van der Waals surface area contributed by atoms with Gasteiger partial charge in [0.2, 0.25) is 0 Å². The molecule has 10 heavy (non-hydrogen) atoms. The van der Waals surface area contributed by atoms with E-state index in [1.807, 2.05) is 6.92 Å². The van der Waals surface area contributed by atoms with Crippen LogP contribution in [0.3, 0.4) is 0 Å². The second-order valence-electron chi connectivity index (χ2n) is 4.39. The molecule has 1 N–H and O–H groups in total. The molecule has 0 fully saturated rings. The Bertz CT molecular complexity index is 102. The van der Waals surface area contributed by atoms with Crippen LogP contribution < -0.4 is 0 Å². The van der Waals surface area contributed by atoms with Gasteiger partial charge < -0.3 is 5.11 Å². The van der Waals surface area contributed by atoms with E-state index in [0.717, 1.165) is 6.42 Å². The Kier molecular flexibility index (Phi) is 3.24. The third-order valence-electron chi connectivity index (χ3n) is 1.25. The van der Waals surface area contributed by atoms with Crippen LogP contribution in [0.2, 0.25) is 0 Å². The molecule has 0 spiro atoms. The Labute approximate surface area is 69.2 Å². The van der Waals surface area contributed by atoms with E-state index < -0.39 is 0 Å². The predicted molar refractivity (Wildman–Crippen MR) is 48.5 cm³/mol. The summed E-state index contributed by atoms with van der Waals surface area (Å²) in [5.74, 6) is 0. The van der Waals surface area contributed by atoms with Gasteiger partial charge in [0.05, 0.1) is 6.61 Å². The molecule has 0 saturated heterocycles. The Morgan fingerprint density at radius 1 is 1.20 bits per heavy atom. The molecule has 0 aromatic carbocycles. The molecule has 62 valence electrons. The van der Waals surface area contributed by atoms with Crippen molar-refractivity contribution in [3.63, 3.8) is 0 Å². The smallest absolute Gasteiger partial charge is 0.0573 e. The number of rotatable bonds is 2. The summed E-state index contributed by atoms with van der Waals surface area (Å²) in [5.41, 5.74) is 0.249. The van der Waals surface area contributed by atoms with Crippen LogP contribution in [0.4, 0.5) is 0 Å². The van der Waals surface area contributed by atoms with E-state index in [0.29, 0.717) is 0 Å². The first-order valence-electron chi connectivity index (χ1n) is 3.60. The molecule has 0 aliphatic heterocycles. The van der Waals surface area contributed by atoms with Crippen molar-refractivity contribution in [2.75, 3.05) is 6.61 Å². The van der Waals surface area contributed by atoms with Gasteiger partial charge in [-0.05, 0) is 18.8 Å². The first kappa shape index (κ1) is 10.3. The van der Waals surface area contributed by atoms with Gasteiger partial charge in [-0.25, -0.2) is 0 Å². The molecule has 0 bridgehead atoms. The van der Waals surface area contributed by atoms with Gasteiger partial charge >= 0.3 is 0 Å². The van der Waals surface area contributed by atoms with Crippen LogP contribution in [0.15, 0.2) is 0 Å².